The van der Waals surface area contributed by atoms with Crippen LogP contribution >= 0.6 is 15.9 Å². The van der Waals surface area contributed by atoms with Crippen molar-refractivity contribution in [3.63, 3.8) is 0 Å². The van der Waals surface area contributed by atoms with Gasteiger partial charge in [0.05, 0.1) is 0 Å². The van der Waals surface area contributed by atoms with E-state index in [9.17, 15) is 0 Å². The monoisotopic (exact) mass is 329 g/mol. The van der Waals surface area contributed by atoms with Crippen LogP contribution in [0, 0.1) is 0 Å². The number of hydrogen-bond acceptors (Lipinski definition) is 4. The predicted molar refractivity (Wildman–Crippen MR) is 79.9 cm³/mol. The fourth-order valence-corrected chi connectivity index (χ4v) is 2.38. The second-order valence-electron chi connectivity index (χ2n) is 4.32. The molecule has 1 atom stereocenters. The standard InChI is InChI=1S/C15H12BrN3O/c16-12-9-5-4-8-11(12)14-18-15(20-19-14)13(17)10-6-2-1-3-7-10/h1-9,13H,17H2. The van der Waals surface area contributed by atoms with Gasteiger partial charge in [-0.1, -0.05) is 63.6 Å². The van der Waals surface area contributed by atoms with E-state index in [-0.39, 0.29) is 0 Å². The highest BCUT2D eigenvalue weighted by molar-refractivity contribution is 9.10. The van der Waals surface area contributed by atoms with Crippen LogP contribution in [0.15, 0.2) is 63.6 Å². The lowest BCUT2D eigenvalue weighted by atomic mass is 10.1. The molecule has 0 amide bonds. The van der Waals surface area contributed by atoms with Gasteiger partial charge in [0, 0.05) is 10.0 Å². The van der Waals surface area contributed by atoms with E-state index < -0.39 is 6.04 Å². The third-order valence-corrected chi connectivity index (χ3v) is 3.67. The average molecular weight is 330 g/mol. The van der Waals surface area contributed by atoms with Gasteiger partial charge in [0.2, 0.25) is 11.7 Å². The van der Waals surface area contributed by atoms with Crippen LogP contribution in [0.2, 0.25) is 0 Å². The first-order valence-electron chi connectivity index (χ1n) is 6.15. The second-order valence-corrected chi connectivity index (χ2v) is 5.18. The third kappa shape index (κ3) is 2.50. The van der Waals surface area contributed by atoms with Crippen molar-refractivity contribution in [3.8, 4) is 11.4 Å². The first-order valence-corrected chi connectivity index (χ1v) is 6.94. The van der Waals surface area contributed by atoms with E-state index in [1.165, 1.54) is 0 Å². The van der Waals surface area contributed by atoms with Gasteiger partial charge in [0.1, 0.15) is 6.04 Å². The zero-order valence-electron chi connectivity index (χ0n) is 10.5. The molecule has 100 valence electrons. The van der Waals surface area contributed by atoms with Crippen LogP contribution in [0.4, 0.5) is 0 Å². The quantitative estimate of drug-likeness (QED) is 0.798. The maximum Gasteiger partial charge on any atom is 0.248 e. The van der Waals surface area contributed by atoms with Crippen molar-refractivity contribution in [3.05, 3.63) is 70.5 Å². The summed E-state index contributed by atoms with van der Waals surface area (Å²) in [6.45, 7) is 0. The smallest absolute Gasteiger partial charge is 0.248 e. The first kappa shape index (κ1) is 13.0. The molecule has 0 spiro atoms. The highest BCUT2D eigenvalue weighted by atomic mass is 79.9. The molecule has 1 unspecified atom stereocenters. The van der Waals surface area contributed by atoms with Gasteiger partial charge < -0.3 is 10.3 Å². The van der Waals surface area contributed by atoms with Crippen molar-refractivity contribution < 1.29 is 4.52 Å². The Hall–Kier alpha value is -1.98. The Kier molecular flexibility index (Phi) is 3.62. The summed E-state index contributed by atoms with van der Waals surface area (Å²) in [5.74, 6) is 0.931. The Morgan fingerprint density at radius 1 is 1.00 bits per heavy atom. The Bertz CT molecular complexity index is 712. The van der Waals surface area contributed by atoms with Crippen LogP contribution in [0.25, 0.3) is 11.4 Å². The molecule has 2 N–H and O–H groups in total. The molecule has 0 aliphatic carbocycles. The van der Waals surface area contributed by atoms with Gasteiger partial charge in [0.25, 0.3) is 0 Å². The molecule has 1 heterocycles. The normalized spacial score (nSPS) is 12.3. The Morgan fingerprint density at radius 2 is 1.70 bits per heavy atom. The maximum absolute atomic E-state index is 6.14. The number of rotatable bonds is 3. The lowest BCUT2D eigenvalue weighted by Gasteiger charge is -2.05. The molecule has 2 aromatic carbocycles. The molecule has 0 aliphatic heterocycles. The number of nitrogens with two attached hydrogens (primary N) is 1. The van der Waals surface area contributed by atoms with Crippen LogP contribution in [0.1, 0.15) is 17.5 Å². The van der Waals surface area contributed by atoms with Gasteiger partial charge in [-0.15, -0.1) is 0 Å². The molecule has 3 rings (SSSR count). The van der Waals surface area contributed by atoms with E-state index in [4.69, 9.17) is 10.3 Å². The lowest BCUT2D eigenvalue weighted by Crippen LogP contribution is -2.11. The number of benzene rings is 2. The number of hydrogen-bond donors (Lipinski definition) is 1. The van der Waals surface area contributed by atoms with Gasteiger partial charge in [-0.2, -0.15) is 4.98 Å². The molecule has 1 aromatic heterocycles. The summed E-state index contributed by atoms with van der Waals surface area (Å²) in [6.07, 6.45) is 0. The van der Waals surface area contributed by atoms with Crippen molar-refractivity contribution in [1.29, 1.82) is 0 Å². The minimum absolute atomic E-state index is 0.405. The van der Waals surface area contributed by atoms with Crippen molar-refractivity contribution >= 4 is 15.9 Å². The van der Waals surface area contributed by atoms with E-state index in [0.29, 0.717) is 11.7 Å². The highest BCUT2D eigenvalue weighted by Crippen LogP contribution is 2.27. The van der Waals surface area contributed by atoms with Gasteiger partial charge in [0.15, 0.2) is 0 Å². The summed E-state index contributed by atoms with van der Waals surface area (Å²) in [4.78, 5) is 4.38. The molecular formula is C15H12BrN3O. The van der Waals surface area contributed by atoms with E-state index >= 15 is 0 Å². The molecule has 4 nitrogen and oxygen atoms in total. The molecule has 0 aliphatic rings. The van der Waals surface area contributed by atoms with Crippen LogP contribution in [-0.4, -0.2) is 10.1 Å². The molecule has 5 heteroatoms. The molecule has 3 aromatic rings. The minimum Gasteiger partial charge on any atom is -0.337 e. The Labute approximate surface area is 124 Å². The molecule has 0 bridgehead atoms. The van der Waals surface area contributed by atoms with Crippen molar-refractivity contribution in [2.45, 2.75) is 6.04 Å². The zero-order valence-corrected chi connectivity index (χ0v) is 12.1. The molecule has 0 saturated heterocycles. The summed E-state index contributed by atoms with van der Waals surface area (Å²) in [5.41, 5.74) is 7.96. The third-order valence-electron chi connectivity index (χ3n) is 2.98. The SMILES string of the molecule is NC(c1ccccc1)c1nc(-c2ccccc2Br)no1. The Balaban J connectivity index is 1.93. The van der Waals surface area contributed by atoms with E-state index in [0.717, 1.165) is 15.6 Å². The summed E-state index contributed by atoms with van der Waals surface area (Å²) in [6, 6.07) is 17.0. The Morgan fingerprint density at radius 3 is 2.45 bits per heavy atom. The number of aromatic nitrogens is 2. The lowest BCUT2D eigenvalue weighted by molar-refractivity contribution is 0.367. The molecular weight excluding hydrogens is 318 g/mol. The van der Waals surface area contributed by atoms with E-state index in [2.05, 4.69) is 26.1 Å². The van der Waals surface area contributed by atoms with Crippen molar-refractivity contribution in [2.24, 2.45) is 5.73 Å². The molecule has 20 heavy (non-hydrogen) atoms. The summed E-state index contributed by atoms with van der Waals surface area (Å²) < 4.78 is 6.20. The van der Waals surface area contributed by atoms with Crippen LogP contribution in [0.5, 0.6) is 0 Å². The summed E-state index contributed by atoms with van der Waals surface area (Å²) >= 11 is 3.47. The van der Waals surface area contributed by atoms with Crippen LogP contribution in [-0.2, 0) is 0 Å². The van der Waals surface area contributed by atoms with Gasteiger partial charge >= 0.3 is 0 Å². The fourth-order valence-electron chi connectivity index (χ4n) is 1.92. The largest absolute Gasteiger partial charge is 0.337 e. The topological polar surface area (TPSA) is 64.9 Å². The van der Waals surface area contributed by atoms with Gasteiger partial charge in [-0.25, -0.2) is 0 Å². The first-order chi connectivity index (χ1) is 9.75. The van der Waals surface area contributed by atoms with Crippen molar-refractivity contribution in [2.75, 3.05) is 0 Å². The summed E-state index contributed by atoms with van der Waals surface area (Å²) in [5, 5.41) is 4.00. The zero-order chi connectivity index (χ0) is 13.9. The van der Waals surface area contributed by atoms with Gasteiger partial charge in [-0.3, -0.25) is 0 Å². The van der Waals surface area contributed by atoms with E-state index in [1.807, 2.05) is 54.6 Å². The fraction of sp³-hybridized carbons (Fsp3) is 0.0667. The van der Waals surface area contributed by atoms with E-state index in [1.54, 1.807) is 0 Å². The van der Waals surface area contributed by atoms with Gasteiger partial charge in [-0.05, 0) is 17.7 Å². The maximum atomic E-state index is 6.14. The molecule has 0 radical (unpaired) electrons. The van der Waals surface area contributed by atoms with Crippen LogP contribution in [0.3, 0.4) is 0 Å². The number of nitrogens with zero attached hydrogens (tertiary/aromatic N) is 2. The van der Waals surface area contributed by atoms with Crippen LogP contribution < -0.4 is 5.73 Å². The summed E-state index contributed by atoms with van der Waals surface area (Å²) in [7, 11) is 0. The second kappa shape index (κ2) is 5.56. The average Bonchev–Trinajstić information content (AvgIpc) is 2.97. The predicted octanol–water partition coefficient (Wildman–Crippen LogP) is 3.55. The molecule has 0 saturated carbocycles. The molecule has 0 fully saturated rings. The number of halogens is 1. The highest BCUT2D eigenvalue weighted by Gasteiger charge is 2.18. The minimum atomic E-state index is -0.417. The van der Waals surface area contributed by atoms with Crippen molar-refractivity contribution in [1.82, 2.24) is 10.1 Å².